The van der Waals surface area contributed by atoms with Crippen molar-refractivity contribution in [2.75, 3.05) is 32.8 Å². The molecular formula is C23H45BFO5P. The molecule has 3 atom stereocenters. The predicted octanol–water partition coefficient (Wildman–Crippen LogP) is 6.99. The Morgan fingerprint density at radius 3 is 1.97 bits per heavy atom. The lowest BCUT2D eigenvalue weighted by atomic mass is 10.0. The van der Waals surface area contributed by atoms with Gasteiger partial charge in [-0.25, -0.2) is 4.39 Å². The monoisotopic (exact) mass is 462 g/mol. The molecule has 1 saturated heterocycles. The average Bonchev–Trinajstić information content (AvgIpc) is 2.75. The molecule has 0 aromatic rings. The maximum absolute atomic E-state index is 12.7. The van der Waals surface area contributed by atoms with Gasteiger partial charge < -0.3 is 18.5 Å². The van der Waals surface area contributed by atoms with Crippen molar-refractivity contribution in [1.82, 2.24) is 0 Å². The largest absolute Gasteiger partial charge is 0.381 e. The van der Waals surface area contributed by atoms with Crippen LogP contribution in [-0.4, -0.2) is 52.9 Å². The van der Waals surface area contributed by atoms with Crippen molar-refractivity contribution in [2.24, 2.45) is 0 Å². The van der Waals surface area contributed by atoms with E-state index in [0.29, 0.717) is 26.0 Å². The Bertz CT molecular complexity index is 444. The zero-order valence-electron chi connectivity index (χ0n) is 19.7. The lowest BCUT2D eigenvalue weighted by Gasteiger charge is -2.28. The van der Waals surface area contributed by atoms with Crippen LogP contribution in [0.5, 0.6) is 0 Å². The fraction of sp³-hybridized carbons (Fsp3) is 1.00. The van der Waals surface area contributed by atoms with E-state index in [1.54, 1.807) is 6.92 Å². The van der Waals surface area contributed by atoms with E-state index in [4.69, 9.17) is 26.4 Å². The van der Waals surface area contributed by atoms with Gasteiger partial charge in [0.1, 0.15) is 6.35 Å². The third-order valence-electron chi connectivity index (χ3n) is 5.55. The summed E-state index contributed by atoms with van der Waals surface area (Å²) >= 11 is 0. The Morgan fingerprint density at radius 1 is 0.903 bits per heavy atom. The molecule has 5 nitrogen and oxygen atoms in total. The van der Waals surface area contributed by atoms with Gasteiger partial charge in [-0.1, -0.05) is 76.9 Å². The summed E-state index contributed by atoms with van der Waals surface area (Å²) in [5.74, 6) is 0. The first kappa shape index (κ1) is 29.1. The molecule has 0 aromatic carbocycles. The normalized spacial score (nSPS) is 22.6. The van der Waals surface area contributed by atoms with Crippen LogP contribution < -0.4 is 0 Å². The van der Waals surface area contributed by atoms with Crippen molar-refractivity contribution >= 4 is 15.4 Å². The molecule has 2 unspecified atom stereocenters. The smallest absolute Gasteiger partial charge is 0.356 e. The third kappa shape index (κ3) is 17.2. The van der Waals surface area contributed by atoms with Crippen LogP contribution in [0.15, 0.2) is 0 Å². The Labute approximate surface area is 191 Å². The Morgan fingerprint density at radius 2 is 1.45 bits per heavy atom. The summed E-state index contributed by atoms with van der Waals surface area (Å²) in [5.41, 5.74) is 0. The summed E-state index contributed by atoms with van der Waals surface area (Å²) in [6.07, 6.45) is 15.9. The number of hydrogen-bond acceptors (Lipinski definition) is 5. The van der Waals surface area contributed by atoms with Gasteiger partial charge in [-0.3, -0.25) is 4.57 Å². The SMILES string of the molecule is [B]C[C@H]1COP(=O)(OCCCOCCCCCCCCCCCCCCC(C)F)CO1. The molecule has 1 rings (SSSR count). The molecule has 0 saturated carbocycles. The highest BCUT2D eigenvalue weighted by Gasteiger charge is 2.32. The van der Waals surface area contributed by atoms with E-state index in [-0.39, 0.29) is 19.1 Å². The number of alkyl halides is 1. The summed E-state index contributed by atoms with van der Waals surface area (Å²) in [4.78, 5) is 0. The van der Waals surface area contributed by atoms with Crippen LogP contribution in [0, 0.1) is 0 Å². The van der Waals surface area contributed by atoms with Gasteiger partial charge in [-0.15, -0.1) is 0 Å². The van der Waals surface area contributed by atoms with Crippen LogP contribution in [-0.2, 0) is 23.1 Å². The number of unbranched alkanes of at least 4 members (excludes halogenated alkanes) is 11. The van der Waals surface area contributed by atoms with Crippen molar-refractivity contribution in [3.05, 3.63) is 0 Å². The van der Waals surface area contributed by atoms with Crippen LogP contribution in [0.2, 0.25) is 6.32 Å². The standard InChI is InChI=1S/C23H45BFO5P/c1-22(25)15-12-10-8-6-4-2-3-5-7-9-11-13-16-27-17-14-18-29-31(26)21-28-23(19-24)20-30-31/h22-23H,2-21H2,1H3/t22?,23-,31?/m0/s1. The van der Waals surface area contributed by atoms with Gasteiger partial charge >= 0.3 is 7.60 Å². The van der Waals surface area contributed by atoms with Gasteiger partial charge in [0.15, 0.2) is 0 Å². The van der Waals surface area contributed by atoms with Gasteiger partial charge in [0.05, 0.1) is 33.3 Å². The highest BCUT2D eigenvalue weighted by Crippen LogP contribution is 2.51. The lowest BCUT2D eigenvalue weighted by Crippen LogP contribution is -2.26. The van der Waals surface area contributed by atoms with Crippen LogP contribution in [0.3, 0.4) is 0 Å². The molecule has 1 aliphatic heterocycles. The maximum atomic E-state index is 12.7. The van der Waals surface area contributed by atoms with Crippen molar-refractivity contribution in [3.8, 4) is 0 Å². The second kappa shape index (κ2) is 19.5. The highest BCUT2D eigenvalue weighted by atomic mass is 31.2. The van der Waals surface area contributed by atoms with E-state index >= 15 is 0 Å². The molecule has 31 heavy (non-hydrogen) atoms. The van der Waals surface area contributed by atoms with Crippen molar-refractivity contribution in [3.63, 3.8) is 0 Å². The van der Waals surface area contributed by atoms with E-state index in [1.165, 1.54) is 64.2 Å². The minimum Gasteiger partial charge on any atom is -0.381 e. The molecule has 0 spiro atoms. The van der Waals surface area contributed by atoms with E-state index in [2.05, 4.69) is 0 Å². The van der Waals surface area contributed by atoms with Crippen LogP contribution in [0.1, 0.15) is 96.8 Å². The fourth-order valence-corrected chi connectivity index (χ4v) is 4.97. The molecule has 8 heteroatoms. The zero-order chi connectivity index (χ0) is 22.6. The van der Waals surface area contributed by atoms with Gasteiger partial charge in [0.25, 0.3) is 0 Å². The van der Waals surface area contributed by atoms with Gasteiger partial charge in [-0.05, 0) is 26.2 Å². The number of hydrogen-bond donors (Lipinski definition) is 0. The molecule has 0 amide bonds. The molecule has 0 bridgehead atoms. The zero-order valence-corrected chi connectivity index (χ0v) is 20.6. The van der Waals surface area contributed by atoms with E-state index < -0.39 is 13.8 Å². The summed E-state index contributed by atoms with van der Waals surface area (Å²) in [5, 5.41) is 0. The van der Waals surface area contributed by atoms with Gasteiger partial charge in [0, 0.05) is 13.2 Å². The number of halogens is 1. The van der Waals surface area contributed by atoms with Crippen LogP contribution in [0.25, 0.3) is 0 Å². The lowest BCUT2D eigenvalue weighted by molar-refractivity contribution is 0.00384. The molecule has 1 aliphatic rings. The van der Waals surface area contributed by atoms with Crippen LogP contribution in [0.4, 0.5) is 4.39 Å². The van der Waals surface area contributed by atoms with E-state index in [9.17, 15) is 8.96 Å². The third-order valence-corrected chi connectivity index (χ3v) is 7.13. The van der Waals surface area contributed by atoms with Gasteiger partial charge in [0.2, 0.25) is 0 Å². The summed E-state index contributed by atoms with van der Waals surface area (Å²) in [6, 6.07) is 0. The summed E-state index contributed by atoms with van der Waals surface area (Å²) in [7, 11) is 2.38. The molecule has 0 N–H and O–H groups in total. The van der Waals surface area contributed by atoms with E-state index in [1.807, 2.05) is 0 Å². The van der Waals surface area contributed by atoms with Crippen LogP contribution >= 0.6 is 7.60 Å². The number of rotatable bonds is 21. The predicted molar refractivity (Wildman–Crippen MR) is 126 cm³/mol. The first-order valence-electron chi connectivity index (χ1n) is 12.5. The topological polar surface area (TPSA) is 54.0 Å². The number of ether oxygens (including phenoxy) is 2. The van der Waals surface area contributed by atoms with Crippen molar-refractivity contribution in [1.29, 1.82) is 0 Å². The summed E-state index contributed by atoms with van der Waals surface area (Å²) in [6.45, 7) is 3.62. The van der Waals surface area contributed by atoms with Crippen molar-refractivity contribution < 1.29 is 27.5 Å². The molecule has 1 heterocycles. The molecule has 182 valence electrons. The molecule has 2 radical (unpaired) electrons. The molecule has 1 fully saturated rings. The quantitative estimate of drug-likeness (QED) is 0.105. The second-order valence-electron chi connectivity index (χ2n) is 8.67. The van der Waals surface area contributed by atoms with Crippen molar-refractivity contribution in [2.45, 2.75) is 115 Å². The fourth-order valence-electron chi connectivity index (χ4n) is 3.55. The first-order valence-corrected chi connectivity index (χ1v) is 14.2. The Balaban J connectivity index is 1.73. The highest BCUT2D eigenvalue weighted by molar-refractivity contribution is 7.53. The second-order valence-corrected chi connectivity index (χ2v) is 10.7. The molecular weight excluding hydrogens is 417 g/mol. The molecule has 0 aliphatic carbocycles. The van der Waals surface area contributed by atoms with E-state index in [0.717, 1.165) is 25.9 Å². The minimum absolute atomic E-state index is 0.0171. The first-order chi connectivity index (χ1) is 15.1. The summed E-state index contributed by atoms with van der Waals surface area (Å²) < 4.78 is 46.5. The maximum Gasteiger partial charge on any atom is 0.356 e. The molecule has 0 aromatic heterocycles. The Hall–Kier alpha value is 0.0649. The van der Waals surface area contributed by atoms with Gasteiger partial charge in [-0.2, -0.15) is 0 Å². The minimum atomic E-state index is -3.10. The Kier molecular flexibility index (Phi) is 18.3. The average molecular weight is 462 g/mol.